The third-order valence-corrected chi connectivity index (χ3v) is 4.02. The minimum absolute atomic E-state index is 0.0457. The molecule has 1 aliphatic rings. The number of thiophene rings is 1. The molecule has 1 unspecified atom stereocenters. The van der Waals surface area contributed by atoms with Gasteiger partial charge in [-0.1, -0.05) is 0 Å². The Hall–Kier alpha value is -1.11. The monoisotopic (exact) mass is 285 g/mol. The lowest BCUT2D eigenvalue weighted by atomic mass is 10.2. The second-order valence-corrected chi connectivity index (χ2v) is 5.76. The summed E-state index contributed by atoms with van der Waals surface area (Å²) in [6.45, 7) is 7.32. The van der Waals surface area contributed by atoms with Crippen LogP contribution < -0.4 is 4.74 Å². The van der Waals surface area contributed by atoms with Gasteiger partial charge in [-0.25, -0.2) is 4.79 Å². The smallest absolute Gasteiger partial charge is 0.346 e. The quantitative estimate of drug-likeness (QED) is 0.896. The molecule has 1 atom stereocenters. The lowest BCUT2D eigenvalue weighted by Crippen LogP contribution is -2.47. The van der Waals surface area contributed by atoms with Gasteiger partial charge in [-0.15, -0.1) is 11.3 Å². The first-order valence-electron chi connectivity index (χ1n) is 6.36. The van der Waals surface area contributed by atoms with Crippen LogP contribution in [0.3, 0.4) is 0 Å². The molecule has 6 heteroatoms. The van der Waals surface area contributed by atoms with Crippen molar-refractivity contribution in [2.24, 2.45) is 0 Å². The van der Waals surface area contributed by atoms with Gasteiger partial charge in [0.25, 0.3) is 0 Å². The van der Waals surface area contributed by atoms with E-state index < -0.39 is 5.97 Å². The Kier molecular flexibility index (Phi) is 4.79. The average Bonchev–Trinajstić information content (AvgIpc) is 2.85. The SMILES string of the molecule is CC(C)N1CCOC(COc2csc(C(=O)O)c2)C1. The number of morpholine rings is 1. The first-order chi connectivity index (χ1) is 9.06. The van der Waals surface area contributed by atoms with Gasteiger partial charge >= 0.3 is 5.97 Å². The van der Waals surface area contributed by atoms with Gasteiger partial charge in [-0.05, 0) is 13.8 Å². The van der Waals surface area contributed by atoms with Crippen molar-refractivity contribution in [3.05, 3.63) is 16.3 Å². The van der Waals surface area contributed by atoms with Crippen LogP contribution in [0.1, 0.15) is 23.5 Å². The zero-order chi connectivity index (χ0) is 13.8. The predicted molar refractivity (Wildman–Crippen MR) is 73.2 cm³/mol. The third-order valence-electron chi connectivity index (χ3n) is 3.12. The van der Waals surface area contributed by atoms with Gasteiger partial charge in [-0.2, -0.15) is 0 Å². The van der Waals surface area contributed by atoms with E-state index in [1.807, 2.05) is 0 Å². The number of carboxylic acids is 1. The fraction of sp³-hybridized carbons (Fsp3) is 0.615. The molecule has 2 heterocycles. The lowest BCUT2D eigenvalue weighted by molar-refractivity contribution is -0.0564. The van der Waals surface area contributed by atoms with Crippen molar-refractivity contribution in [2.75, 3.05) is 26.3 Å². The Morgan fingerprint density at radius 2 is 2.47 bits per heavy atom. The van der Waals surface area contributed by atoms with E-state index in [1.54, 1.807) is 11.4 Å². The normalized spacial score (nSPS) is 20.7. The van der Waals surface area contributed by atoms with Crippen LogP contribution in [0, 0.1) is 0 Å². The molecule has 1 aromatic heterocycles. The molecule has 0 bridgehead atoms. The van der Waals surface area contributed by atoms with Crippen molar-refractivity contribution in [3.8, 4) is 5.75 Å². The molecule has 1 aromatic rings. The standard InChI is InChI=1S/C13H19NO4S/c1-9(2)14-3-4-17-11(6-14)7-18-10-5-12(13(15)16)19-8-10/h5,8-9,11H,3-4,6-7H2,1-2H3,(H,15,16). The van der Waals surface area contributed by atoms with Crippen LogP contribution in [0.2, 0.25) is 0 Å². The van der Waals surface area contributed by atoms with Crippen LogP contribution in [0.25, 0.3) is 0 Å². The maximum absolute atomic E-state index is 10.8. The zero-order valence-corrected chi connectivity index (χ0v) is 12.0. The highest BCUT2D eigenvalue weighted by Crippen LogP contribution is 2.22. The molecule has 0 aromatic carbocycles. The lowest BCUT2D eigenvalue weighted by Gasteiger charge is -2.35. The summed E-state index contributed by atoms with van der Waals surface area (Å²) in [5, 5.41) is 10.5. The van der Waals surface area contributed by atoms with E-state index in [1.165, 1.54) is 11.3 Å². The Morgan fingerprint density at radius 1 is 1.68 bits per heavy atom. The van der Waals surface area contributed by atoms with Crippen molar-refractivity contribution >= 4 is 17.3 Å². The fourth-order valence-corrected chi connectivity index (χ4v) is 2.67. The zero-order valence-electron chi connectivity index (χ0n) is 11.2. The van der Waals surface area contributed by atoms with Gasteiger partial charge in [0.2, 0.25) is 0 Å². The summed E-state index contributed by atoms with van der Waals surface area (Å²) in [7, 11) is 0. The molecule has 19 heavy (non-hydrogen) atoms. The highest BCUT2D eigenvalue weighted by molar-refractivity contribution is 7.12. The van der Waals surface area contributed by atoms with E-state index in [4.69, 9.17) is 14.6 Å². The number of carboxylic acid groups (broad SMARTS) is 1. The number of aromatic carboxylic acids is 1. The Labute approximate surface area is 116 Å². The second kappa shape index (κ2) is 6.36. The molecule has 0 amide bonds. The minimum Gasteiger partial charge on any atom is -0.490 e. The molecule has 0 saturated carbocycles. The Morgan fingerprint density at radius 3 is 3.11 bits per heavy atom. The van der Waals surface area contributed by atoms with Gasteiger partial charge in [0.15, 0.2) is 0 Å². The number of carbonyl (C=O) groups is 1. The van der Waals surface area contributed by atoms with Gasteiger partial charge in [0, 0.05) is 30.6 Å². The van der Waals surface area contributed by atoms with Crippen LogP contribution in [0.15, 0.2) is 11.4 Å². The maximum Gasteiger partial charge on any atom is 0.346 e. The Balaban J connectivity index is 1.82. The summed E-state index contributed by atoms with van der Waals surface area (Å²) in [4.78, 5) is 13.4. The molecular formula is C13H19NO4S. The highest BCUT2D eigenvalue weighted by Gasteiger charge is 2.22. The molecule has 1 fully saturated rings. The second-order valence-electron chi connectivity index (χ2n) is 4.84. The van der Waals surface area contributed by atoms with Gasteiger partial charge in [0.05, 0.1) is 6.61 Å². The van der Waals surface area contributed by atoms with Gasteiger partial charge < -0.3 is 14.6 Å². The summed E-state index contributed by atoms with van der Waals surface area (Å²) >= 11 is 1.17. The molecule has 0 aliphatic carbocycles. The van der Waals surface area contributed by atoms with Crippen LogP contribution in [0.5, 0.6) is 5.75 Å². The number of hydrogen-bond donors (Lipinski definition) is 1. The molecule has 2 rings (SSSR count). The largest absolute Gasteiger partial charge is 0.490 e. The van der Waals surface area contributed by atoms with Crippen molar-refractivity contribution < 1.29 is 19.4 Å². The van der Waals surface area contributed by atoms with Crippen molar-refractivity contribution in [3.63, 3.8) is 0 Å². The minimum atomic E-state index is -0.917. The molecule has 1 N–H and O–H groups in total. The molecular weight excluding hydrogens is 266 g/mol. The van der Waals surface area contributed by atoms with Crippen LogP contribution in [-0.4, -0.2) is 54.4 Å². The summed E-state index contributed by atoms with van der Waals surface area (Å²) in [6.07, 6.45) is 0.0457. The number of rotatable bonds is 5. The molecule has 0 radical (unpaired) electrons. The van der Waals surface area contributed by atoms with Crippen LogP contribution in [-0.2, 0) is 4.74 Å². The van der Waals surface area contributed by atoms with Crippen LogP contribution >= 0.6 is 11.3 Å². The number of nitrogens with zero attached hydrogens (tertiary/aromatic N) is 1. The van der Waals surface area contributed by atoms with Gasteiger partial charge in [0.1, 0.15) is 23.3 Å². The van der Waals surface area contributed by atoms with Crippen molar-refractivity contribution in [1.29, 1.82) is 0 Å². The van der Waals surface area contributed by atoms with Crippen molar-refractivity contribution in [2.45, 2.75) is 26.0 Å². The molecule has 5 nitrogen and oxygen atoms in total. The summed E-state index contributed by atoms with van der Waals surface area (Å²) in [6, 6.07) is 2.06. The van der Waals surface area contributed by atoms with Crippen molar-refractivity contribution in [1.82, 2.24) is 4.90 Å². The van der Waals surface area contributed by atoms with E-state index in [0.29, 0.717) is 23.3 Å². The predicted octanol–water partition coefficient (Wildman–Crippen LogP) is 1.93. The van der Waals surface area contributed by atoms with Gasteiger partial charge in [-0.3, -0.25) is 4.90 Å². The first kappa shape index (κ1) is 14.3. The van der Waals surface area contributed by atoms with E-state index in [9.17, 15) is 4.79 Å². The summed E-state index contributed by atoms with van der Waals surface area (Å²) < 4.78 is 11.3. The van der Waals surface area contributed by atoms with E-state index in [2.05, 4.69) is 18.7 Å². The average molecular weight is 285 g/mol. The maximum atomic E-state index is 10.8. The number of ether oxygens (including phenoxy) is 2. The van der Waals surface area contributed by atoms with Crippen LogP contribution in [0.4, 0.5) is 0 Å². The molecule has 1 saturated heterocycles. The molecule has 106 valence electrons. The van der Waals surface area contributed by atoms with E-state index in [-0.39, 0.29) is 6.10 Å². The summed E-state index contributed by atoms with van der Waals surface area (Å²) in [5.74, 6) is -0.313. The molecule has 0 spiro atoms. The summed E-state index contributed by atoms with van der Waals surface area (Å²) in [5.41, 5.74) is 0. The van der Waals surface area contributed by atoms with E-state index in [0.717, 1.165) is 19.7 Å². The highest BCUT2D eigenvalue weighted by atomic mass is 32.1. The number of hydrogen-bond acceptors (Lipinski definition) is 5. The van der Waals surface area contributed by atoms with E-state index >= 15 is 0 Å². The fourth-order valence-electron chi connectivity index (χ4n) is 2.01. The first-order valence-corrected chi connectivity index (χ1v) is 7.24. The third kappa shape index (κ3) is 3.92. The topological polar surface area (TPSA) is 59.0 Å². The Bertz CT molecular complexity index is 432. The molecule has 1 aliphatic heterocycles.